The Morgan fingerprint density at radius 1 is 1.47 bits per heavy atom. The second-order valence-corrected chi connectivity index (χ2v) is 3.72. The largest absolute Gasteiger partial charge is 0.385 e. The number of aromatic nitrogens is 2. The Morgan fingerprint density at radius 2 is 2.29 bits per heavy atom. The fourth-order valence-electron chi connectivity index (χ4n) is 1.70. The van der Waals surface area contributed by atoms with E-state index in [1.165, 1.54) is 17.0 Å². The third-order valence-corrected chi connectivity index (χ3v) is 2.55. The lowest BCUT2D eigenvalue weighted by molar-refractivity contribution is 0.190. The summed E-state index contributed by atoms with van der Waals surface area (Å²) in [5.74, 6) is -0.527. The maximum Gasteiger partial charge on any atom is 0.264 e. The number of halogens is 1. The number of hydrogen-bond acceptors (Lipinski definition) is 3. The zero-order valence-corrected chi connectivity index (χ0v) is 9.52. The molecule has 0 fully saturated rings. The fraction of sp³-hybridized carbons (Fsp3) is 0.333. The SMILES string of the molecule is COCCCn1cnc2cccc(F)c2c1=O. The monoisotopic (exact) mass is 236 g/mol. The number of ether oxygens (including phenoxy) is 1. The van der Waals surface area contributed by atoms with E-state index in [1.54, 1.807) is 19.2 Å². The zero-order chi connectivity index (χ0) is 12.3. The highest BCUT2D eigenvalue weighted by Gasteiger charge is 2.08. The van der Waals surface area contributed by atoms with E-state index in [4.69, 9.17) is 4.74 Å². The Morgan fingerprint density at radius 3 is 3.06 bits per heavy atom. The first-order valence-corrected chi connectivity index (χ1v) is 5.36. The van der Waals surface area contributed by atoms with Crippen LogP contribution in [0, 0.1) is 5.82 Å². The van der Waals surface area contributed by atoms with Crippen LogP contribution in [0.1, 0.15) is 6.42 Å². The molecule has 5 heteroatoms. The number of rotatable bonds is 4. The zero-order valence-electron chi connectivity index (χ0n) is 9.52. The van der Waals surface area contributed by atoms with Crippen molar-refractivity contribution in [2.45, 2.75) is 13.0 Å². The molecule has 0 spiro atoms. The maximum absolute atomic E-state index is 13.5. The van der Waals surface area contributed by atoms with E-state index in [0.29, 0.717) is 25.1 Å². The first kappa shape index (κ1) is 11.7. The van der Waals surface area contributed by atoms with Crippen molar-refractivity contribution in [3.63, 3.8) is 0 Å². The number of aryl methyl sites for hydroxylation is 1. The summed E-state index contributed by atoms with van der Waals surface area (Å²) in [4.78, 5) is 16.0. The first-order valence-electron chi connectivity index (χ1n) is 5.36. The molecule has 4 nitrogen and oxygen atoms in total. The van der Waals surface area contributed by atoms with Gasteiger partial charge in [0.2, 0.25) is 0 Å². The lowest BCUT2D eigenvalue weighted by atomic mass is 10.2. The van der Waals surface area contributed by atoms with E-state index in [1.807, 2.05) is 0 Å². The van der Waals surface area contributed by atoms with Gasteiger partial charge in [0.1, 0.15) is 11.2 Å². The molecule has 0 unspecified atom stereocenters. The molecular weight excluding hydrogens is 223 g/mol. The van der Waals surface area contributed by atoms with Crippen LogP contribution < -0.4 is 5.56 Å². The summed E-state index contributed by atoms with van der Waals surface area (Å²) in [5, 5.41) is 0.0485. The lowest BCUT2D eigenvalue weighted by Crippen LogP contribution is -2.22. The Bertz CT molecular complexity index is 580. The normalized spacial score (nSPS) is 10.9. The van der Waals surface area contributed by atoms with E-state index in [9.17, 15) is 9.18 Å². The molecule has 2 rings (SSSR count). The van der Waals surface area contributed by atoms with Crippen molar-refractivity contribution in [3.05, 3.63) is 40.7 Å². The highest BCUT2D eigenvalue weighted by atomic mass is 19.1. The second-order valence-electron chi connectivity index (χ2n) is 3.72. The highest BCUT2D eigenvalue weighted by Crippen LogP contribution is 2.10. The highest BCUT2D eigenvalue weighted by molar-refractivity contribution is 5.77. The van der Waals surface area contributed by atoms with Gasteiger partial charge in [-0.3, -0.25) is 9.36 Å². The van der Waals surface area contributed by atoms with E-state index in [2.05, 4.69) is 4.98 Å². The molecule has 0 aliphatic rings. The van der Waals surface area contributed by atoms with E-state index in [-0.39, 0.29) is 10.9 Å². The quantitative estimate of drug-likeness (QED) is 0.757. The van der Waals surface area contributed by atoms with Crippen LogP contribution in [0.4, 0.5) is 4.39 Å². The van der Waals surface area contributed by atoms with Crippen LogP contribution in [-0.2, 0) is 11.3 Å². The van der Waals surface area contributed by atoms with Crippen molar-refractivity contribution in [2.75, 3.05) is 13.7 Å². The number of nitrogens with zero attached hydrogens (tertiary/aromatic N) is 2. The summed E-state index contributed by atoms with van der Waals surface area (Å²) in [6.45, 7) is 1.03. The molecule has 17 heavy (non-hydrogen) atoms. The standard InChI is InChI=1S/C12H13FN2O2/c1-17-7-3-6-15-8-14-10-5-2-4-9(13)11(10)12(15)16/h2,4-5,8H,3,6-7H2,1H3. The minimum Gasteiger partial charge on any atom is -0.385 e. The summed E-state index contributed by atoms with van der Waals surface area (Å²) >= 11 is 0. The van der Waals surface area contributed by atoms with E-state index < -0.39 is 5.82 Å². The summed E-state index contributed by atoms with van der Waals surface area (Å²) in [6, 6.07) is 4.43. The Labute approximate surface area is 97.7 Å². The number of fused-ring (bicyclic) bond motifs is 1. The van der Waals surface area contributed by atoms with Gasteiger partial charge >= 0.3 is 0 Å². The van der Waals surface area contributed by atoms with Gasteiger partial charge < -0.3 is 4.74 Å². The molecule has 0 N–H and O–H groups in total. The van der Waals surface area contributed by atoms with Gasteiger partial charge in [0.05, 0.1) is 11.8 Å². The number of benzene rings is 1. The van der Waals surface area contributed by atoms with Crippen LogP contribution in [0.3, 0.4) is 0 Å². The Hall–Kier alpha value is -1.75. The third-order valence-electron chi connectivity index (χ3n) is 2.55. The minimum absolute atomic E-state index is 0.0485. The molecule has 0 saturated carbocycles. The van der Waals surface area contributed by atoms with Crippen LogP contribution in [-0.4, -0.2) is 23.3 Å². The first-order chi connectivity index (χ1) is 8.24. The van der Waals surface area contributed by atoms with Crippen molar-refractivity contribution < 1.29 is 9.13 Å². The summed E-state index contributed by atoms with van der Waals surface area (Å²) in [5.41, 5.74) is 0.0437. The van der Waals surface area contributed by atoms with Crippen molar-refractivity contribution in [1.82, 2.24) is 9.55 Å². The molecule has 0 radical (unpaired) electrons. The van der Waals surface area contributed by atoms with Crippen molar-refractivity contribution in [3.8, 4) is 0 Å². The summed E-state index contributed by atoms with van der Waals surface area (Å²) in [6.07, 6.45) is 2.14. The molecule has 2 aromatic rings. The molecule has 0 atom stereocenters. The Balaban J connectivity index is 2.43. The molecular formula is C12H13FN2O2. The van der Waals surface area contributed by atoms with Crippen LogP contribution in [0.2, 0.25) is 0 Å². The topological polar surface area (TPSA) is 44.1 Å². The molecule has 1 aromatic heterocycles. The van der Waals surface area contributed by atoms with Gasteiger partial charge in [-0.15, -0.1) is 0 Å². The third kappa shape index (κ3) is 2.34. The van der Waals surface area contributed by atoms with Crippen molar-refractivity contribution in [2.24, 2.45) is 0 Å². The summed E-state index contributed by atoms with van der Waals surface area (Å²) in [7, 11) is 1.60. The van der Waals surface area contributed by atoms with Crippen LogP contribution in [0.25, 0.3) is 10.9 Å². The molecule has 1 heterocycles. The van der Waals surface area contributed by atoms with Gasteiger partial charge in [0.15, 0.2) is 0 Å². The molecule has 0 saturated heterocycles. The second kappa shape index (κ2) is 5.05. The number of methoxy groups -OCH3 is 1. The van der Waals surface area contributed by atoms with Gasteiger partial charge in [-0.05, 0) is 18.6 Å². The molecule has 0 aliphatic heterocycles. The molecule has 0 aliphatic carbocycles. The van der Waals surface area contributed by atoms with Crippen molar-refractivity contribution in [1.29, 1.82) is 0 Å². The molecule has 0 amide bonds. The van der Waals surface area contributed by atoms with Gasteiger partial charge in [-0.1, -0.05) is 6.07 Å². The average Bonchev–Trinajstić information content (AvgIpc) is 2.32. The van der Waals surface area contributed by atoms with Crippen LogP contribution in [0.5, 0.6) is 0 Å². The predicted octanol–water partition coefficient (Wildman–Crippen LogP) is 1.57. The van der Waals surface area contributed by atoms with Crippen molar-refractivity contribution >= 4 is 10.9 Å². The van der Waals surface area contributed by atoms with E-state index in [0.717, 1.165) is 0 Å². The fourth-order valence-corrected chi connectivity index (χ4v) is 1.70. The Kier molecular flexibility index (Phi) is 3.49. The smallest absolute Gasteiger partial charge is 0.264 e. The predicted molar refractivity (Wildman–Crippen MR) is 62.5 cm³/mol. The van der Waals surface area contributed by atoms with Gasteiger partial charge in [0.25, 0.3) is 5.56 Å². The average molecular weight is 236 g/mol. The van der Waals surface area contributed by atoms with E-state index >= 15 is 0 Å². The van der Waals surface area contributed by atoms with Gasteiger partial charge in [-0.2, -0.15) is 0 Å². The lowest BCUT2D eigenvalue weighted by Gasteiger charge is -2.06. The molecule has 0 bridgehead atoms. The molecule has 1 aromatic carbocycles. The maximum atomic E-state index is 13.5. The minimum atomic E-state index is -0.527. The number of hydrogen-bond donors (Lipinski definition) is 0. The van der Waals surface area contributed by atoms with Gasteiger partial charge in [-0.25, -0.2) is 9.37 Å². The van der Waals surface area contributed by atoms with Crippen LogP contribution >= 0.6 is 0 Å². The van der Waals surface area contributed by atoms with Gasteiger partial charge in [0, 0.05) is 20.3 Å². The van der Waals surface area contributed by atoms with Crippen LogP contribution in [0.15, 0.2) is 29.3 Å². The summed E-state index contributed by atoms with van der Waals surface area (Å²) < 4.78 is 19.8. The molecule has 90 valence electrons.